The van der Waals surface area contributed by atoms with Crippen LogP contribution in [0, 0.1) is 0 Å². The Hall–Kier alpha value is -1.79. The van der Waals surface area contributed by atoms with Crippen molar-refractivity contribution in [2.45, 2.75) is 30.9 Å². The first kappa shape index (κ1) is 16.1. The number of nitrogens with zero attached hydrogens (tertiary/aromatic N) is 1. The lowest BCUT2D eigenvalue weighted by Gasteiger charge is -2.20. The van der Waals surface area contributed by atoms with Gasteiger partial charge in [-0.25, -0.2) is 4.39 Å². The first-order valence-electron chi connectivity index (χ1n) is 7.48. The Bertz CT molecular complexity index is 656. The fourth-order valence-electron chi connectivity index (χ4n) is 2.48. The minimum atomic E-state index is -0.823. The Morgan fingerprint density at radius 3 is 2.70 bits per heavy atom. The SMILES string of the molecule is CN1C(=O)C(=Cc2ccc(OC3CC=C(F)CC3)cc2)SC1O. The van der Waals surface area contributed by atoms with Gasteiger partial charge in [0.25, 0.3) is 5.91 Å². The highest BCUT2D eigenvalue weighted by atomic mass is 32.2. The van der Waals surface area contributed by atoms with Crippen LogP contribution in [0.4, 0.5) is 4.39 Å². The van der Waals surface area contributed by atoms with Crippen LogP contribution in [0.1, 0.15) is 24.8 Å². The molecule has 0 spiro atoms. The lowest BCUT2D eigenvalue weighted by molar-refractivity contribution is -0.128. The van der Waals surface area contributed by atoms with Crippen LogP contribution in [0.2, 0.25) is 0 Å². The topological polar surface area (TPSA) is 49.8 Å². The molecule has 6 heteroatoms. The van der Waals surface area contributed by atoms with Gasteiger partial charge in [0.1, 0.15) is 11.9 Å². The van der Waals surface area contributed by atoms with Gasteiger partial charge in [-0.3, -0.25) is 4.79 Å². The van der Waals surface area contributed by atoms with Gasteiger partial charge in [-0.1, -0.05) is 23.9 Å². The quantitative estimate of drug-likeness (QED) is 0.861. The lowest BCUT2D eigenvalue weighted by Crippen LogP contribution is -2.27. The van der Waals surface area contributed by atoms with E-state index in [4.69, 9.17) is 4.74 Å². The van der Waals surface area contributed by atoms with E-state index in [1.807, 2.05) is 24.3 Å². The third kappa shape index (κ3) is 3.76. The minimum Gasteiger partial charge on any atom is -0.490 e. The molecule has 1 heterocycles. The molecule has 1 aromatic rings. The van der Waals surface area contributed by atoms with Crippen molar-refractivity contribution in [2.75, 3.05) is 7.05 Å². The van der Waals surface area contributed by atoms with E-state index < -0.39 is 5.56 Å². The molecule has 0 radical (unpaired) electrons. The largest absolute Gasteiger partial charge is 0.490 e. The summed E-state index contributed by atoms with van der Waals surface area (Å²) in [6, 6.07) is 7.40. The molecule has 2 aliphatic rings. The third-order valence-electron chi connectivity index (χ3n) is 3.88. The Kier molecular flexibility index (Phi) is 4.73. The second kappa shape index (κ2) is 6.76. The predicted octanol–water partition coefficient (Wildman–Crippen LogP) is 3.29. The number of benzene rings is 1. The van der Waals surface area contributed by atoms with Crippen molar-refractivity contribution in [2.24, 2.45) is 0 Å². The molecular formula is C17H18FNO3S. The zero-order chi connectivity index (χ0) is 16.4. The maximum absolute atomic E-state index is 13.0. The average molecular weight is 335 g/mol. The summed E-state index contributed by atoms with van der Waals surface area (Å²) in [6.07, 6.45) is 5.05. The van der Waals surface area contributed by atoms with E-state index in [-0.39, 0.29) is 17.8 Å². The lowest BCUT2D eigenvalue weighted by atomic mass is 10.0. The van der Waals surface area contributed by atoms with Crippen molar-refractivity contribution in [1.82, 2.24) is 4.90 Å². The fourth-order valence-corrected chi connectivity index (χ4v) is 3.41. The van der Waals surface area contributed by atoms with Crippen LogP contribution in [0.5, 0.6) is 5.75 Å². The van der Waals surface area contributed by atoms with E-state index in [0.717, 1.165) is 23.1 Å². The van der Waals surface area contributed by atoms with Crippen molar-refractivity contribution in [3.63, 3.8) is 0 Å². The van der Waals surface area contributed by atoms with Gasteiger partial charge in [0, 0.05) is 19.9 Å². The maximum Gasteiger partial charge on any atom is 0.262 e. The number of rotatable bonds is 3. The van der Waals surface area contributed by atoms with Gasteiger partial charge in [0.05, 0.1) is 10.7 Å². The summed E-state index contributed by atoms with van der Waals surface area (Å²) >= 11 is 1.13. The molecule has 1 N–H and O–H groups in total. The molecule has 122 valence electrons. The summed E-state index contributed by atoms with van der Waals surface area (Å²) in [5.41, 5.74) is 0.0430. The number of hydrogen-bond acceptors (Lipinski definition) is 4. The first-order valence-corrected chi connectivity index (χ1v) is 8.36. The van der Waals surface area contributed by atoms with Gasteiger partial charge in [-0.15, -0.1) is 0 Å². The average Bonchev–Trinajstić information content (AvgIpc) is 2.79. The van der Waals surface area contributed by atoms with Crippen LogP contribution in [0.15, 0.2) is 41.1 Å². The summed E-state index contributed by atoms with van der Waals surface area (Å²) in [4.78, 5) is 13.7. The molecule has 1 amide bonds. The molecule has 3 rings (SSSR count). The van der Waals surface area contributed by atoms with Gasteiger partial charge in [0.15, 0.2) is 5.56 Å². The predicted molar refractivity (Wildman–Crippen MR) is 88.2 cm³/mol. The van der Waals surface area contributed by atoms with Crippen molar-refractivity contribution >= 4 is 23.7 Å². The normalized spacial score (nSPS) is 26.6. The number of amides is 1. The third-order valence-corrected chi connectivity index (χ3v) is 4.96. The summed E-state index contributed by atoms with van der Waals surface area (Å²) < 4.78 is 18.8. The number of ether oxygens (including phenoxy) is 1. The molecule has 0 bridgehead atoms. The van der Waals surface area contributed by atoms with Gasteiger partial charge < -0.3 is 14.7 Å². The standard InChI is InChI=1S/C17H18FNO3S/c1-19-16(20)15(23-17(19)21)10-11-2-6-13(7-3-11)22-14-8-4-12(18)5-9-14/h2-4,6-7,10,14,17,21H,5,8-9H2,1H3. The Morgan fingerprint density at radius 1 is 1.39 bits per heavy atom. The van der Waals surface area contributed by atoms with Crippen LogP contribution in [-0.4, -0.2) is 34.6 Å². The van der Waals surface area contributed by atoms with Crippen molar-refractivity contribution in [1.29, 1.82) is 0 Å². The molecule has 4 nitrogen and oxygen atoms in total. The second-order valence-electron chi connectivity index (χ2n) is 5.60. The van der Waals surface area contributed by atoms with Gasteiger partial charge in [-0.05, 0) is 36.3 Å². The Labute approximate surface area is 138 Å². The monoisotopic (exact) mass is 335 g/mol. The molecule has 1 fully saturated rings. The summed E-state index contributed by atoms with van der Waals surface area (Å²) in [5.74, 6) is 0.493. The minimum absolute atomic E-state index is 0.00877. The number of aliphatic hydroxyl groups excluding tert-OH is 1. The van der Waals surface area contributed by atoms with E-state index in [1.54, 1.807) is 19.2 Å². The molecule has 0 aromatic heterocycles. The molecule has 1 saturated heterocycles. The highest BCUT2D eigenvalue weighted by molar-refractivity contribution is 8.05. The van der Waals surface area contributed by atoms with E-state index in [9.17, 15) is 14.3 Å². The molecule has 23 heavy (non-hydrogen) atoms. The molecule has 2 unspecified atom stereocenters. The van der Waals surface area contributed by atoms with E-state index in [2.05, 4.69) is 0 Å². The molecular weight excluding hydrogens is 317 g/mol. The van der Waals surface area contributed by atoms with Crippen LogP contribution < -0.4 is 4.74 Å². The van der Waals surface area contributed by atoms with Crippen molar-refractivity contribution in [3.8, 4) is 5.75 Å². The van der Waals surface area contributed by atoms with Gasteiger partial charge in [-0.2, -0.15) is 0 Å². The molecule has 1 aliphatic heterocycles. The number of thioether (sulfide) groups is 1. The summed E-state index contributed by atoms with van der Waals surface area (Å²) in [5, 5.41) is 9.64. The molecule has 1 aliphatic carbocycles. The van der Waals surface area contributed by atoms with E-state index in [1.165, 1.54) is 4.90 Å². The van der Waals surface area contributed by atoms with Crippen molar-refractivity contribution < 1.29 is 19.0 Å². The Morgan fingerprint density at radius 2 is 2.13 bits per heavy atom. The van der Waals surface area contributed by atoms with Crippen LogP contribution >= 0.6 is 11.8 Å². The summed E-state index contributed by atoms with van der Waals surface area (Å²) in [7, 11) is 1.57. The number of allylic oxidation sites excluding steroid dienone is 1. The first-order chi connectivity index (χ1) is 11.0. The van der Waals surface area contributed by atoms with E-state index in [0.29, 0.717) is 24.2 Å². The summed E-state index contributed by atoms with van der Waals surface area (Å²) in [6.45, 7) is 0. The number of aliphatic hydroxyl groups is 1. The number of likely N-dealkylation sites (N-methyl/N-ethyl adjacent to an activating group) is 1. The number of halogens is 1. The van der Waals surface area contributed by atoms with E-state index >= 15 is 0 Å². The Balaban J connectivity index is 1.65. The number of hydrogen-bond donors (Lipinski definition) is 1. The maximum atomic E-state index is 13.0. The number of carbonyl (C=O) groups excluding carboxylic acids is 1. The molecule has 1 aromatic carbocycles. The zero-order valence-electron chi connectivity index (χ0n) is 12.7. The highest BCUT2D eigenvalue weighted by Crippen LogP contribution is 2.33. The smallest absolute Gasteiger partial charge is 0.262 e. The van der Waals surface area contributed by atoms with Gasteiger partial charge >= 0.3 is 0 Å². The fraction of sp³-hybridized carbons (Fsp3) is 0.353. The van der Waals surface area contributed by atoms with Gasteiger partial charge in [0.2, 0.25) is 0 Å². The van der Waals surface area contributed by atoms with Crippen LogP contribution in [-0.2, 0) is 4.79 Å². The number of carbonyl (C=O) groups is 1. The molecule has 0 saturated carbocycles. The van der Waals surface area contributed by atoms with Crippen LogP contribution in [0.25, 0.3) is 6.08 Å². The second-order valence-corrected chi connectivity index (χ2v) is 6.70. The molecule has 2 atom stereocenters. The van der Waals surface area contributed by atoms with Crippen LogP contribution in [0.3, 0.4) is 0 Å². The zero-order valence-corrected chi connectivity index (χ0v) is 13.6. The highest BCUT2D eigenvalue weighted by Gasteiger charge is 2.31. The van der Waals surface area contributed by atoms with Crippen molar-refractivity contribution in [3.05, 3.63) is 46.6 Å².